The van der Waals surface area contributed by atoms with Crippen LogP contribution in [0.1, 0.15) is 0 Å². The van der Waals surface area contributed by atoms with Gasteiger partial charge in [0.05, 0.1) is 0 Å². The fourth-order valence-electron chi connectivity index (χ4n) is 0. The molecule has 0 spiro atoms. The van der Waals surface area contributed by atoms with Crippen molar-refractivity contribution in [2.45, 2.75) is 0 Å². The summed E-state index contributed by atoms with van der Waals surface area (Å²) in [6.07, 6.45) is 0. The molecule has 4 heavy (non-hydrogen) atoms. The molecule has 4 heteroatoms. The van der Waals surface area contributed by atoms with E-state index in [0.29, 0.717) is 0 Å². The van der Waals surface area contributed by atoms with Gasteiger partial charge < -0.3 is 4.86 Å². The molecule has 2 atom stereocenters. The molecule has 0 radical (unpaired) electrons. The Kier molecular flexibility index (Phi) is 19.9. The van der Waals surface area contributed by atoms with E-state index in [1.54, 1.807) is 0 Å². The van der Waals surface area contributed by atoms with Crippen LogP contribution >= 0.6 is 18.8 Å². The van der Waals surface area contributed by atoms with Gasteiger partial charge in [0.1, 0.15) is 0 Å². The third-order valence-corrected chi connectivity index (χ3v) is 0. The summed E-state index contributed by atoms with van der Waals surface area (Å²) in [5.41, 5.74) is 0. The van der Waals surface area contributed by atoms with Gasteiger partial charge in [0.25, 0.3) is 0 Å². The SMILES string of the molecule is P[N-]P.[Ni]. The minimum Gasteiger partial charge on any atom is -0.621 e. The molecule has 0 saturated carbocycles. The van der Waals surface area contributed by atoms with Crippen molar-refractivity contribution >= 4 is 18.8 Å². The molecule has 30 valence electrons. The minimum atomic E-state index is 0. The van der Waals surface area contributed by atoms with Crippen molar-refractivity contribution in [1.82, 2.24) is 0 Å². The van der Waals surface area contributed by atoms with E-state index in [0.717, 1.165) is 0 Å². The van der Waals surface area contributed by atoms with E-state index < -0.39 is 0 Å². The molecule has 0 aliphatic heterocycles. The molecule has 0 aliphatic rings. The zero-order valence-corrected chi connectivity index (χ0v) is 5.22. The first-order chi connectivity index (χ1) is 1.41. The Morgan fingerprint density at radius 1 is 1.25 bits per heavy atom. The Morgan fingerprint density at radius 3 is 1.25 bits per heavy atom. The van der Waals surface area contributed by atoms with Crippen LogP contribution in [0.4, 0.5) is 0 Å². The molecule has 0 aliphatic carbocycles. The molecule has 2 unspecified atom stereocenters. The van der Waals surface area contributed by atoms with Gasteiger partial charge in [0.2, 0.25) is 0 Å². The van der Waals surface area contributed by atoms with Crippen molar-refractivity contribution in [2.75, 3.05) is 0 Å². The molecule has 0 N–H and O–H groups in total. The summed E-state index contributed by atoms with van der Waals surface area (Å²) < 4.78 is 0. The summed E-state index contributed by atoms with van der Waals surface area (Å²) in [5, 5.41) is 0. The Labute approximate surface area is 40.7 Å². The third-order valence-electron chi connectivity index (χ3n) is 0. The van der Waals surface area contributed by atoms with Gasteiger partial charge in [-0.3, -0.25) is 18.8 Å². The van der Waals surface area contributed by atoms with Crippen LogP contribution in [0.25, 0.3) is 4.86 Å². The molecule has 0 aromatic rings. The van der Waals surface area contributed by atoms with Crippen LogP contribution in [0.2, 0.25) is 0 Å². The second-order valence-corrected chi connectivity index (χ2v) is 1.34. The summed E-state index contributed by atoms with van der Waals surface area (Å²) >= 11 is 0. The molecular weight excluding hydrogens is 135 g/mol. The van der Waals surface area contributed by atoms with Gasteiger partial charge in [-0.2, -0.15) is 0 Å². The first kappa shape index (κ1) is 9.00. The van der Waals surface area contributed by atoms with Crippen LogP contribution < -0.4 is 0 Å². The van der Waals surface area contributed by atoms with E-state index in [2.05, 4.69) is 23.6 Å². The Bertz CT molecular complexity index is 6.00. The average Bonchev–Trinajstić information content (AvgIpc) is 0.918. The normalized spacial score (nSPS) is 4.50. The van der Waals surface area contributed by atoms with Gasteiger partial charge in [-0.15, -0.1) is 0 Å². The van der Waals surface area contributed by atoms with Crippen LogP contribution in [0.15, 0.2) is 0 Å². The molecule has 0 amide bonds. The average molecular weight is 139 g/mol. The Morgan fingerprint density at radius 2 is 1.25 bits per heavy atom. The standard InChI is InChI=1S/H4NP2.Ni/c2-1-3;/h2-3H2;/q-1;. The van der Waals surface area contributed by atoms with Gasteiger partial charge >= 0.3 is 0 Å². The monoisotopic (exact) mass is 138 g/mol. The van der Waals surface area contributed by atoms with Gasteiger partial charge in [-0.1, -0.05) is 0 Å². The summed E-state index contributed by atoms with van der Waals surface area (Å²) in [6.45, 7) is 0. The van der Waals surface area contributed by atoms with Crippen LogP contribution in [0.5, 0.6) is 0 Å². The van der Waals surface area contributed by atoms with Crippen molar-refractivity contribution in [2.24, 2.45) is 0 Å². The molecule has 0 rings (SSSR count). The van der Waals surface area contributed by atoms with Gasteiger partial charge in [0.15, 0.2) is 0 Å². The second-order valence-electron chi connectivity index (χ2n) is 0.149. The summed E-state index contributed by atoms with van der Waals surface area (Å²) in [5.74, 6) is 0. The van der Waals surface area contributed by atoms with Crippen molar-refractivity contribution in [1.29, 1.82) is 0 Å². The van der Waals surface area contributed by atoms with Crippen LogP contribution in [-0.4, -0.2) is 0 Å². The summed E-state index contributed by atoms with van der Waals surface area (Å²) in [7, 11) is 4.33. The number of nitrogens with zero attached hydrogens (tertiary/aromatic N) is 1. The maximum atomic E-state index is 3.33. The van der Waals surface area contributed by atoms with Crippen LogP contribution in [-0.2, 0) is 16.5 Å². The molecular formula is H4NNiP2-. The zero-order valence-electron chi connectivity index (χ0n) is 1.92. The Hall–Kier alpha value is 1.31. The molecule has 0 fully saturated rings. The predicted octanol–water partition coefficient (Wildman–Crippen LogP) is 0.938. The second kappa shape index (κ2) is 8.85. The molecule has 0 aromatic carbocycles. The fraction of sp³-hybridized carbons (Fsp3) is 0. The maximum Gasteiger partial charge on any atom is 0 e. The Balaban J connectivity index is 0. The maximum absolute atomic E-state index is 3.33. The molecule has 1 nitrogen and oxygen atoms in total. The van der Waals surface area contributed by atoms with E-state index in [9.17, 15) is 0 Å². The first-order valence-corrected chi connectivity index (χ1v) is 1.55. The summed E-state index contributed by atoms with van der Waals surface area (Å²) in [4.78, 5) is 3.33. The number of hydrogen-bond acceptors (Lipinski definition) is 0. The van der Waals surface area contributed by atoms with Crippen molar-refractivity contribution in [3.05, 3.63) is 4.86 Å². The van der Waals surface area contributed by atoms with Crippen molar-refractivity contribution in [3.63, 3.8) is 0 Å². The molecule has 0 aromatic heterocycles. The topological polar surface area (TPSA) is 14.1 Å². The summed E-state index contributed by atoms with van der Waals surface area (Å²) in [6, 6.07) is 0. The minimum absolute atomic E-state index is 0. The van der Waals surface area contributed by atoms with Crippen molar-refractivity contribution in [3.8, 4) is 0 Å². The van der Waals surface area contributed by atoms with Crippen LogP contribution in [0, 0.1) is 0 Å². The molecule has 0 bridgehead atoms. The number of rotatable bonds is 0. The van der Waals surface area contributed by atoms with Gasteiger partial charge in [-0.05, 0) is 0 Å². The van der Waals surface area contributed by atoms with E-state index in [1.165, 1.54) is 0 Å². The molecule has 0 saturated heterocycles. The third kappa shape index (κ3) is 10.3. The van der Waals surface area contributed by atoms with Gasteiger partial charge in [-0.25, -0.2) is 0 Å². The van der Waals surface area contributed by atoms with E-state index in [1.807, 2.05) is 0 Å². The zero-order chi connectivity index (χ0) is 2.71. The van der Waals surface area contributed by atoms with E-state index in [-0.39, 0.29) is 16.5 Å². The van der Waals surface area contributed by atoms with E-state index in [4.69, 9.17) is 0 Å². The van der Waals surface area contributed by atoms with E-state index >= 15 is 0 Å². The quantitative estimate of drug-likeness (QED) is 0.350. The molecule has 0 heterocycles. The van der Waals surface area contributed by atoms with Crippen molar-refractivity contribution < 1.29 is 16.5 Å². The number of hydrogen-bond donors (Lipinski definition) is 0. The van der Waals surface area contributed by atoms with Gasteiger partial charge in [0, 0.05) is 16.5 Å². The fourth-order valence-corrected chi connectivity index (χ4v) is 0. The first-order valence-electron chi connectivity index (χ1n) is 0.516. The largest absolute Gasteiger partial charge is 0.621 e. The van der Waals surface area contributed by atoms with Crippen LogP contribution in [0.3, 0.4) is 0 Å². The smallest absolute Gasteiger partial charge is 0 e. The predicted molar refractivity (Wildman–Crippen MR) is 22.8 cm³/mol.